The van der Waals surface area contributed by atoms with E-state index in [-0.39, 0.29) is 64.2 Å². The van der Waals surface area contributed by atoms with Gasteiger partial charge < -0.3 is 99.9 Å². The van der Waals surface area contributed by atoms with Gasteiger partial charge in [-0.1, -0.05) is 0 Å². The molecule has 26 nitrogen and oxygen atoms in total. The standard InChI is InChI=1S/C49H85N7O19/c1-45(2,3)72-41(62)51-18-17-31(57)38(61)53-29-22-30(54-42(63)73-46(4,5)6)36(33(59)35(29)71-40-34(60)37(49(13,66)25-68-40)55(14)43(64)74-47(7,8)9)70-39-28(16-15-26(23-50)69-39)52-32(58)21-27-24-56(19-20-67-27)44(65)75-48(10,11)12/h15,27-31,33-37,39-40,57,59-60,66H,16-25,50H2,1-14H3,(H,51,62)(H,52,58)(H,53,61)(H,54,63)/t27?,28-,29-,30+,31+,33-,34-,35+,36-,37-,39-,40-,49+/m1/s1. The Morgan fingerprint density at radius 1 is 0.800 bits per heavy atom. The summed E-state index contributed by atoms with van der Waals surface area (Å²) in [5.41, 5.74) is 0.577. The van der Waals surface area contributed by atoms with Crippen LogP contribution >= 0.6 is 0 Å². The van der Waals surface area contributed by atoms with Crippen molar-refractivity contribution in [1.82, 2.24) is 31.1 Å². The minimum Gasteiger partial charge on any atom is -0.466 e. The molecular weight excluding hydrogens is 991 g/mol. The summed E-state index contributed by atoms with van der Waals surface area (Å²) in [6, 6.07) is -5.05. The first-order valence-electron chi connectivity index (χ1n) is 25.3. The number of aliphatic hydroxyl groups is 4. The lowest BCUT2D eigenvalue weighted by Gasteiger charge is -2.50. The van der Waals surface area contributed by atoms with E-state index in [1.165, 1.54) is 18.9 Å². The van der Waals surface area contributed by atoms with Gasteiger partial charge in [0.05, 0.1) is 63.0 Å². The first-order valence-corrected chi connectivity index (χ1v) is 25.3. The smallest absolute Gasteiger partial charge is 0.410 e. The Morgan fingerprint density at radius 2 is 1.37 bits per heavy atom. The van der Waals surface area contributed by atoms with Crippen molar-refractivity contribution in [3.8, 4) is 0 Å². The number of carbonyl (C=O) groups excluding carboxylic acids is 6. The maximum absolute atomic E-state index is 13.8. The average molecular weight is 1080 g/mol. The van der Waals surface area contributed by atoms with E-state index in [1.54, 1.807) is 89.2 Å². The highest BCUT2D eigenvalue weighted by molar-refractivity contribution is 5.81. The number of morpholine rings is 1. The molecule has 0 aromatic heterocycles. The van der Waals surface area contributed by atoms with Crippen LogP contribution in [0.4, 0.5) is 19.2 Å². The Balaban J connectivity index is 1.69. The number of alkyl carbamates (subject to hydrolysis) is 2. The largest absolute Gasteiger partial charge is 0.466 e. The Labute approximate surface area is 439 Å². The average Bonchev–Trinajstić information content (AvgIpc) is 3.24. The summed E-state index contributed by atoms with van der Waals surface area (Å²) in [5.74, 6) is -1.25. The van der Waals surface area contributed by atoms with E-state index >= 15 is 0 Å². The van der Waals surface area contributed by atoms with Gasteiger partial charge in [0, 0.05) is 20.1 Å². The summed E-state index contributed by atoms with van der Waals surface area (Å²) >= 11 is 0. The third-order valence-corrected chi connectivity index (χ3v) is 11.8. The number of hydrogen-bond donors (Lipinski definition) is 9. The normalized spacial score (nSPS) is 30.0. The fourth-order valence-corrected chi connectivity index (χ4v) is 8.64. The van der Waals surface area contributed by atoms with Crippen LogP contribution in [0.25, 0.3) is 0 Å². The molecule has 6 amide bonds. The molecule has 1 aliphatic carbocycles. The second-order valence-electron chi connectivity index (χ2n) is 23.5. The number of hydrogen-bond acceptors (Lipinski definition) is 20. The van der Waals surface area contributed by atoms with E-state index in [2.05, 4.69) is 21.3 Å². The zero-order valence-electron chi connectivity index (χ0n) is 46.0. The van der Waals surface area contributed by atoms with Gasteiger partial charge >= 0.3 is 24.4 Å². The lowest BCUT2D eigenvalue weighted by molar-refractivity contribution is -0.311. The Morgan fingerprint density at radius 3 is 1.96 bits per heavy atom. The molecular formula is C49H85N7O19. The summed E-state index contributed by atoms with van der Waals surface area (Å²) in [5, 5.41) is 57.8. The van der Waals surface area contributed by atoms with Crippen LogP contribution in [0.3, 0.4) is 0 Å². The van der Waals surface area contributed by atoms with Crippen LogP contribution in [0.5, 0.6) is 0 Å². The van der Waals surface area contributed by atoms with Gasteiger partial charge in [-0.3, -0.25) is 9.59 Å². The zero-order valence-corrected chi connectivity index (χ0v) is 46.0. The van der Waals surface area contributed by atoms with Crippen molar-refractivity contribution in [2.45, 2.75) is 217 Å². The van der Waals surface area contributed by atoms with Gasteiger partial charge in [-0.25, -0.2) is 19.2 Å². The van der Waals surface area contributed by atoms with E-state index in [0.717, 1.165) is 4.90 Å². The Bertz CT molecular complexity index is 2000. The molecule has 0 spiro atoms. The van der Waals surface area contributed by atoms with Crippen LogP contribution in [-0.2, 0) is 52.2 Å². The molecule has 430 valence electrons. The Hall–Kier alpha value is -4.80. The van der Waals surface area contributed by atoms with Gasteiger partial charge in [0.1, 0.15) is 64.3 Å². The van der Waals surface area contributed by atoms with Crippen LogP contribution in [0.2, 0.25) is 0 Å². The number of nitrogens with zero attached hydrogens (tertiary/aromatic N) is 2. The predicted octanol–water partition coefficient (Wildman–Crippen LogP) is 0.979. The summed E-state index contributed by atoms with van der Waals surface area (Å²) in [6.45, 7) is 21.0. The van der Waals surface area contributed by atoms with Crippen LogP contribution in [0.1, 0.15) is 116 Å². The lowest BCUT2D eigenvalue weighted by Crippen LogP contribution is -2.71. The maximum Gasteiger partial charge on any atom is 0.410 e. The molecule has 10 N–H and O–H groups in total. The van der Waals surface area contributed by atoms with E-state index in [1.807, 2.05) is 0 Å². The summed E-state index contributed by atoms with van der Waals surface area (Å²) in [7, 11) is 1.30. The van der Waals surface area contributed by atoms with Gasteiger partial charge in [-0.2, -0.15) is 0 Å². The molecule has 75 heavy (non-hydrogen) atoms. The van der Waals surface area contributed by atoms with Crippen molar-refractivity contribution in [2.75, 3.05) is 46.4 Å². The third-order valence-electron chi connectivity index (χ3n) is 11.8. The highest BCUT2D eigenvalue weighted by Gasteiger charge is 2.55. The SMILES string of the molecule is CN(C(=O)OC(C)(C)C)[C@@H]1[C@@H](O)[C@@H](O[C@@H]2[C@@H](O)[C@H](O[C@H]3OC(CN)=CC[C@H]3NC(=O)CC3CN(C(=O)OC(C)(C)C)CCO3)[C@@H](NC(=O)OC(C)(C)C)C[C@H]2NC(=O)[C@@H](O)CCNC(=O)OC(C)(C)C)OC[C@]1(C)O. The fourth-order valence-electron chi connectivity index (χ4n) is 8.64. The summed E-state index contributed by atoms with van der Waals surface area (Å²) < 4.78 is 52.7. The Kier molecular flexibility index (Phi) is 21.4. The van der Waals surface area contributed by atoms with Crippen LogP contribution in [0.15, 0.2) is 11.8 Å². The van der Waals surface area contributed by atoms with E-state index in [9.17, 15) is 49.2 Å². The van der Waals surface area contributed by atoms with Crippen LogP contribution in [0, 0.1) is 0 Å². The van der Waals surface area contributed by atoms with Crippen molar-refractivity contribution in [3.05, 3.63) is 11.8 Å². The fraction of sp³-hybridized carbons (Fsp3) is 0.837. The van der Waals surface area contributed by atoms with Gasteiger partial charge in [-0.05, 0) is 115 Å². The zero-order chi connectivity index (χ0) is 56.6. The van der Waals surface area contributed by atoms with E-state index in [0.29, 0.717) is 0 Å². The first kappa shape index (κ1) is 62.7. The molecule has 0 bridgehead atoms. The highest BCUT2D eigenvalue weighted by Crippen LogP contribution is 2.35. The molecule has 0 radical (unpaired) electrons. The van der Waals surface area contributed by atoms with E-state index < -0.39 is 144 Å². The molecule has 13 atom stereocenters. The molecule has 3 fully saturated rings. The molecule has 3 heterocycles. The molecule has 3 aliphatic heterocycles. The molecule has 0 aromatic rings. The molecule has 0 aromatic carbocycles. The van der Waals surface area contributed by atoms with Gasteiger partial charge in [0.25, 0.3) is 0 Å². The number of likely N-dealkylation sites (N-methyl/N-ethyl adjacent to an activating group) is 1. The molecule has 4 rings (SSSR count). The van der Waals surface area contributed by atoms with Crippen LogP contribution < -0.4 is 27.0 Å². The van der Waals surface area contributed by atoms with Crippen molar-refractivity contribution in [3.63, 3.8) is 0 Å². The molecule has 26 heteroatoms. The molecule has 2 saturated heterocycles. The van der Waals surface area contributed by atoms with Gasteiger partial charge in [0.15, 0.2) is 6.29 Å². The second kappa shape index (κ2) is 25.6. The number of amides is 6. The number of nitrogens with two attached hydrogens (primary N) is 1. The molecule has 1 unspecified atom stereocenters. The topological polar surface area (TPSA) is 347 Å². The quantitative estimate of drug-likeness (QED) is 0.103. The van der Waals surface area contributed by atoms with Gasteiger partial charge in [-0.15, -0.1) is 0 Å². The van der Waals surface area contributed by atoms with Gasteiger partial charge in [0.2, 0.25) is 18.1 Å². The first-order chi connectivity index (χ1) is 34.5. The summed E-state index contributed by atoms with van der Waals surface area (Å²) in [4.78, 5) is 82.2. The number of aliphatic hydroxyl groups excluding tert-OH is 3. The number of rotatable bonds is 15. The van der Waals surface area contributed by atoms with E-state index in [4.69, 9.17) is 48.4 Å². The predicted molar refractivity (Wildman–Crippen MR) is 265 cm³/mol. The number of ether oxygens (including phenoxy) is 9. The van der Waals surface area contributed by atoms with Crippen molar-refractivity contribution in [2.24, 2.45) is 5.73 Å². The number of nitrogens with one attached hydrogen (secondary N) is 4. The third kappa shape index (κ3) is 19.6. The van der Waals surface area contributed by atoms with Crippen molar-refractivity contribution >= 4 is 36.2 Å². The number of carbonyl (C=O) groups is 6. The second-order valence-corrected chi connectivity index (χ2v) is 23.5. The highest BCUT2D eigenvalue weighted by atomic mass is 16.7. The molecule has 1 saturated carbocycles. The minimum absolute atomic E-state index is 0.0705. The minimum atomic E-state index is -1.92. The lowest BCUT2D eigenvalue weighted by atomic mass is 9.82. The van der Waals surface area contributed by atoms with Crippen LogP contribution in [-0.4, -0.2) is 214 Å². The summed E-state index contributed by atoms with van der Waals surface area (Å²) in [6.07, 6.45) is -14.9. The maximum atomic E-state index is 13.8. The monoisotopic (exact) mass is 1080 g/mol. The van der Waals surface area contributed by atoms with Crippen molar-refractivity contribution in [1.29, 1.82) is 0 Å². The van der Waals surface area contributed by atoms with Crippen molar-refractivity contribution < 1.29 is 91.8 Å². The molecule has 4 aliphatic rings.